The van der Waals surface area contributed by atoms with Gasteiger partial charge >= 0.3 is 0 Å². The Hall–Kier alpha value is -2.97. The van der Waals surface area contributed by atoms with Gasteiger partial charge in [-0.25, -0.2) is 0 Å². The van der Waals surface area contributed by atoms with Crippen LogP contribution in [-0.2, 0) is 6.54 Å². The van der Waals surface area contributed by atoms with Crippen LogP contribution in [0.15, 0.2) is 66.9 Å². The highest BCUT2D eigenvalue weighted by molar-refractivity contribution is 5.86. The van der Waals surface area contributed by atoms with E-state index in [2.05, 4.69) is 93.7 Å². The second-order valence-electron chi connectivity index (χ2n) is 9.87. The summed E-state index contributed by atoms with van der Waals surface area (Å²) in [5, 5.41) is 6.58. The van der Waals surface area contributed by atoms with Crippen molar-refractivity contribution >= 4 is 10.8 Å². The van der Waals surface area contributed by atoms with Crippen molar-refractivity contribution in [2.75, 3.05) is 0 Å². The molecule has 0 aliphatic heterocycles. The Morgan fingerprint density at radius 3 is 2.24 bits per heavy atom. The second kappa shape index (κ2) is 9.11. The van der Waals surface area contributed by atoms with Gasteiger partial charge in [-0.2, -0.15) is 0 Å². The number of rotatable bonds is 5. The SMILES string of the molecule is Cc1cc2cc(C)c(C3CCCC3NCc3ccc(-c4ccccc4C)cn3)cc2cc1C. The molecule has 33 heavy (non-hydrogen) atoms. The molecule has 2 atom stereocenters. The van der Waals surface area contributed by atoms with Crippen molar-refractivity contribution in [2.24, 2.45) is 0 Å². The molecule has 4 aromatic rings. The summed E-state index contributed by atoms with van der Waals surface area (Å²) in [5.41, 5.74) is 10.5. The number of pyridine rings is 1. The van der Waals surface area contributed by atoms with Crippen LogP contribution in [0.2, 0.25) is 0 Å². The first-order chi connectivity index (χ1) is 16.0. The van der Waals surface area contributed by atoms with Crippen LogP contribution < -0.4 is 5.32 Å². The van der Waals surface area contributed by atoms with Crippen LogP contribution in [0.3, 0.4) is 0 Å². The van der Waals surface area contributed by atoms with Crippen LogP contribution >= 0.6 is 0 Å². The predicted octanol–water partition coefficient (Wildman–Crippen LogP) is 7.56. The first-order valence-electron chi connectivity index (χ1n) is 12.3. The number of fused-ring (bicyclic) bond motifs is 1. The van der Waals surface area contributed by atoms with Gasteiger partial charge in [0, 0.05) is 24.3 Å². The molecular weight excluding hydrogens is 400 g/mol. The van der Waals surface area contributed by atoms with Crippen LogP contribution in [0.1, 0.15) is 58.7 Å². The van der Waals surface area contributed by atoms with Gasteiger partial charge in [0.25, 0.3) is 0 Å². The van der Waals surface area contributed by atoms with E-state index in [9.17, 15) is 0 Å². The smallest absolute Gasteiger partial charge is 0.0542 e. The fourth-order valence-electron chi connectivity index (χ4n) is 5.51. The van der Waals surface area contributed by atoms with E-state index in [0.29, 0.717) is 12.0 Å². The lowest BCUT2D eigenvalue weighted by Gasteiger charge is -2.24. The highest BCUT2D eigenvalue weighted by atomic mass is 14.9. The van der Waals surface area contributed by atoms with Crippen LogP contribution in [0.4, 0.5) is 0 Å². The standard InChI is InChI=1S/C31H34N2/c1-20-8-5-6-9-28(20)24-12-13-27(32-18-24)19-33-31-11-7-10-29(31)30-17-26-15-22(3)21(2)14-25(26)16-23(30)4/h5-6,8-9,12-18,29,31,33H,7,10-11,19H2,1-4H3. The van der Waals surface area contributed by atoms with Crippen molar-refractivity contribution in [3.05, 3.63) is 100 Å². The molecule has 1 aliphatic rings. The lowest BCUT2D eigenvalue weighted by Crippen LogP contribution is -2.31. The fourth-order valence-corrected chi connectivity index (χ4v) is 5.51. The molecule has 0 saturated heterocycles. The number of nitrogens with zero attached hydrogens (tertiary/aromatic N) is 1. The highest BCUT2D eigenvalue weighted by Crippen LogP contribution is 2.38. The minimum absolute atomic E-state index is 0.505. The molecule has 0 radical (unpaired) electrons. The van der Waals surface area contributed by atoms with Crippen LogP contribution in [0, 0.1) is 27.7 Å². The third-order valence-corrected chi connectivity index (χ3v) is 7.58. The van der Waals surface area contributed by atoms with Crippen molar-refractivity contribution in [2.45, 2.75) is 65.5 Å². The Morgan fingerprint density at radius 1 is 0.788 bits per heavy atom. The van der Waals surface area contributed by atoms with E-state index in [1.165, 1.54) is 69.0 Å². The van der Waals surface area contributed by atoms with Crippen molar-refractivity contribution in [1.82, 2.24) is 10.3 Å². The van der Waals surface area contributed by atoms with Gasteiger partial charge in [0.05, 0.1) is 5.69 Å². The first kappa shape index (κ1) is 21.9. The number of benzene rings is 3. The van der Waals surface area contributed by atoms with E-state index in [1.54, 1.807) is 0 Å². The van der Waals surface area contributed by atoms with Gasteiger partial charge < -0.3 is 5.32 Å². The predicted molar refractivity (Wildman–Crippen MR) is 140 cm³/mol. The van der Waals surface area contributed by atoms with Gasteiger partial charge in [-0.3, -0.25) is 4.98 Å². The molecule has 1 heterocycles. The van der Waals surface area contributed by atoms with Gasteiger partial charge in [-0.05, 0) is 96.7 Å². The third-order valence-electron chi connectivity index (χ3n) is 7.58. The average molecular weight is 435 g/mol. The summed E-state index contributed by atoms with van der Waals surface area (Å²) in [4.78, 5) is 4.77. The quantitative estimate of drug-likeness (QED) is 0.350. The first-order valence-corrected chi connectivity index (χ1v) is 12.3. The molecule has 1 aromatic heterocycles. The van der Waals surface area contributed by atoms with Gasteiger partial charge in [-0.1, -0.05) is 61.0 Å². The number of aromatic nitrogens is 1. The Morgan fingerprint density at radius 2 is 1.52 bits per heavy atom. The Bertz CT molecular complexity index is 1290. The van der Waals surface area contributed by atoms with Gasteiger partial charge in [-0.15, -0.1) is 0 Å². The number of hydrogen-bond acceptors (Lipinski definition) is 2. The van der Waals surface area contributed by atoms with Gasteiger partial charge in [0.1, 0.15) is 0 Å². The zero-order valence-electron chi connectivity index (χ0n) is 20.3. The maximum atomic E-state index is 4.77. The molecule has 5 rings (SSSR count). The molecular formula is C31H34N2. The molecule has 0 amide bonds. The zero-order valence-corrected chi connectivity index (χ0v) is 20.3. The topological polar surface area (TPSA) is 24.9 Å². The monoisotopic (exact) mass is 434 g/mol. The number of hydrogen-bond donors (Lipinski definition) is 1. The molecule has 0 bridgehead atoms. The zero-order chi connectivity index (χ0) is 22.9. The van der Waals surface area contributed by atoms with Crippen molar-refractivity contribution in [3.63, 3.8) is 0 Å². The maximum absolute atomic E-state index is 4.77. The maximum Gasteiger partial charge on any atom is 0.0542 e. The number of aryl methyl sites for hydroxylation is 4. The van der Waals surface area contributed by atoms with Crippen molar-refractivity contribution in [3.8, 4) is 11.1 Å². The lowest BCUT2D eigenvalue weighted by atomic mass is 9.87. The summed E-state index contributed by atoms with van der Waals surface area (Å²) in [7, 11) is 0. The molecule has 1 N–H and O–H groups in total. The minimum Gasteiger partial charge on any atom is -0.308 e. The molecule has 1 fully saturated rings. The van der Waals surface area contributed by atoms with Crippen LogP contribution in [0.5, 0.6) is 0 Å². The molecule has 1 aliphatic carbocycles. The second-order valence-corrected chi connectivity index (χ2v) is 9.87. The third kappa shape index (κ3) is 4.45. The molecule has 0 spiro atoms. The number of nitrogens with one attached hydrogen (secondary N) is 1. The molecule has 2 heteroatoms. The van der Waals surface area contributed by atoms with E-state index < -0.39 is 0 Å². The highest BCUT2D eigenvalue weighted by Gasteiger charge is 2.29. The van der Waals surface area contributed by atoms with Crippen LogP contribution in [0.25, 0.3) is 21.9 Å². The van der Waals surface area contributed by atoms with Gasteiger partial charge in [0.2, 0.25) is 0 Å². The minimum atomic E-state index is 0.505. The normalized spacial score (nSPS) is 18.2. The Kier molecular flexibility index (Phi) is 6.03. The van der Waals surface area contributed by atoms with Crippen molar-refractivity contribution in [1.29, 1.82) is 0 Å². The average Bonchev–Trinajstić information content (AvgIpc) is 3.28. The molecule has 168 valence electrons. The van der Waals surface area contributed by atoms with Crippen LogP contribution in [-0.4, -0.2) is 11.0 Å². The van der Waals surface area contributed by atoms with E-state index in [1.807, 2.05) is 6.20 Å². The molecule has 1 saturated carbocycles. The summed E-state index contributed by atoms with van der Waals surface area (Å²) in [6.45, 7) is 9.68. The Balaban J connectivity index is 1.32. The summed E-state index contributed by atoms with van der Waals surface area (Å²) in [5.74, 6) is 0.572. The fraction of sp³-hybridized carbons (Fsp3) is 0.323. The lowest BCUT2D eigenvalue weighted by molar-refractivity contribution is 0.474. The molecule has 2 unspecified atom stereocenters. The van der Waals surface area contributed by atoms with E-state index in [-0.39, 0.29) is 0 Å². The summed E-state index contributed by atoms with van der Waals surface area (Å²) in [6.07, 6.45) is 5.79. The largest absolute Gasteiger partial charge is 0.308 e. The summed E-state index contributed by atoms with van der Waals surface area (Å²) in [6, 6.07) is 22.9. The molecule has 2 nitrogen and oxygen atoms in total. The molecule has 3 aromatic carbocycles. The summed E-state index contributed by atoms with van der Waals surface area (Å²) >= 11 is 0. The van der Waals surface area contributed by atoms with Gasteiger partial charge in [0.15, 0.2) is 0 Å². The van der Waals surface area contributed by atoms with E-state index in [0.717, 1.165) is 12.2 Å². The van der Waals surface area contributed by atoms with Crippen molar-refractivity contribution < 1.29 is 0 Å². The summed E-state index contributed by atoms with van der Waals surface area (Å²) < 4.78 is 0. The Labute approximate surface area is 198 Å². The van der Waals surface area contributed by atoms with E-state index in [4.69, 9.17) is 4.98 Å². The van der Waals surface area contributed by atoms with E-state index >= 15 is 0 Å².